The molecule has 1 aliphatic rings. The van der Waals surface area contributed by atoms with Crippen LogP contribution in [0.15, 0.2) is 48.5 Å². The van der Waals surface area contributed by atoms with Crippen molar-refractivity contribution in [2.75, 3.05) is 16.8 Å². The first-order valence-corrected chi connectivity index (χ1v) is 8.48. The molecule has 0 fully saturated rings. The average Bonchev–Trinajstić information content (AvgIpc) is 3.00. The lowest BCUT2D eigenvalue weighted by Gasteiger charge is -2.18. The molecule has 2 amide bonds. The van der Waals surface area contributed by atoms with Crippen molar-refractivity contribution in [3.05, 3.63) is 54.1 Å². The molecule has 5 heteroatoms. The molecule has 1 N–H and O–H groups in total. The highest BCUT2D eigenvalue weighted by atomic mass is 16.5. The van der Waals surface area contributed by atoms with Crippen LogP contribution in [0.25, 0.3) is 0 Å². The third-order valence-corrected chi connectivity index (χ3v) is 4.02. The lowest BCUT2D eigenvalue weighted by molar-refractivity contribution is -0.125. The van der Waals surface area contributed by atoms with E-state index in [1.807, 2.05) is 50.2 Å². The van der Waals surface area contributed by atoms with Crippen molar-refractivity contribution in [3.63, 3.8) is 0 Å². The maximum atomic E-state index is 12.5. The van der Waals surface area contributed by atoms with Gasteiger partial charge in [-0.1, -0.05) is 30.3 Å². The number of rotatable bonds is 5. The summed E-state index contributed by atoms with van der Waals surface area (Å²) in [5.74, 6) is 0.0729. The Morgan fingerprint density at radius 3 is 2.64 bits per heavy atom. The van der Waals surface area contributed by atoms with Gasteiger partial charge in [0.1, 0.15) is 12.2 Å². The highest BCUT2D eigenvalue weighted by Gasteiger charge is 2.25. The Hall–Kier alpha value is -2.82. The predicted molar refractivity (Wildman–Crippen MR) is 98.0 cm³/mol. The fraction of sp³-hybridized carbons (Fsp3) is 0.300. The van der Waals surface area contributed by atoms with Crippen molar-refractivity contribution >= 4 is 23.2 Å². The highest BCUT2D eigenvalue weighted by Crippen LogP contribution is 2.28. The standard InChI is InChI=1S/C20H22N2O3/c1-14(2)25-18-10-6-4-8-16(18)21-19(23)13-20(24)22-12-11-15-7-3-5-9-17(15)22/h3-10,14H,11-13H2,1-2H3,(H,21,23). The van der Waals surface area contributed by atoms with Crippen LogP contribution in [0.2, 0.25) is 0 Å². The SMILES string of the molecule is CC(C)Oc1ccccc1NC(=O)CC(=O)N1CCc2ccccc21. The van der Waals surface area contributed by atoms with Gasteiger partial charge in [0.05, 0.1) is 11.8 Å². The van der Waals surface area contributed by atoms with Gasteiger partial charge in [0.2, 0.25) is 11.8 Å². The number of fused-ring (bicyclic) bond motifs is 1. The molecule has 5 nitrogen and oxygen atoms in total. The molecule has 130 valence electrons. The molecule has 2 aromatic rings. The summed E-state index contributed by atoms with van der Waals surface area (Å²) in [6.07, 6.45) is 0.639. The first-order valence-electron chi connectivity index (χ1n) is 8.48. The van der Waals surface area contributed by atoms with Crippen LogP contribution in [0.5, 0.6) is 5.75 Å². The van der Waals surface area contributed by atoms with Crippen LogP contribution in [0, 0.1) is 0 Å². The zero-order valence-electron chi connectivity index (χ0n) is 14.5. The molecule has 1 heterocycles. The molecule has 25 heavy (non-hydrogen) atoms. The van der Waals surface area contributed by atoms with Crippen molar-refractivity contribution in [1.29, 1.82) is 0 Å². The van der Waals surface area contributed by atoms with Crippen LogP contribution in [0.3, 0.4) is 0 Å². The van der Waals surface area contributed by atoms with Crippen molar-refractivity contribution in [2.24, 2.45) is 0 Å². The first kappa shape index (κ1) is 17.0. The van der Waals surface area contributed by atoms with Crippen LogP contribution in [-0.2, 0) is 16.0 Å². The summed E-state index contributed by atoms with van der Waals surface area (Å²) in [5, 5.41) is 2.78. The Morgan fingerprint density at radius 1 is 1.12 bits per heavy atom. The van der Waals surface area contributed by atoms with Crippen LogP contribution in [-0.4, -0.2) is 24.5 Å². The van der Waals surface area contributed by atoms with E-state index < -0.39 is 0 Å². The molecule has 1 aliphatic heterocycles. The third-order valence-electron chi connectivity index (χ3n) is 4.02. The quantitative estimate of drug-likeness (QED) is 0.850. The molecular weight excluding hydrogens is 316 g/mol. The average molecular weight is 338 g/mol. The van der Waals surface area contributed by atoms with Crippen LogP contribution in [0.1, 0.15) is 25.8 Å². The number of nitrogens with one attached hydrogen (secondary N) is 1. The molecule has 0 saturated heterocycles. The molecule has 0 aliphatic carbocycles. The normalized spacial score (nSPS) is 12.8. The van der Waals surface area contributed by atoms with E-state index in [1.165, 1.54) is 0 Å². The van der Waals surface area contributed by atoms with E-state index in [1.54, 1.807) is 17.0 Å². The molecule has 0 saturated carbocycles. The molecular formula is C20H22N2O3. The van der Waals surface area contributed by atoms with E-state index in [0.717, 1.165) is 17.7 Å². The zero-order chi connectivity index (χ0) is 17.8. The van der Waals surface area contributed by atoms with Crippen LogP contribution in [0.4, 0.5) is 11.4 Å². The third kappa shape index (κ3) is 3.99. The number of hydrogen-bond acceptors (Lipinski definition) is 3. The summed E-state index contributed by atoms with van der Waals surface area (Å²) < 4.78 is 5.69. The van der Waals surface area contributed by atoms with E-state index in [2.05, 4.69) is 5.32 Å². The fourth-order valence-electron chi connectivity index (χ4n) is 2.95. The van der Waals surface area contributed by atoms with Gasteiger partial charge in [-0.15, -0.1) is 0 Å². The van der Waals surface area contributed by atoms with Gasteiger partial charge in [-0.3, -0.25) is 9.59 Å². The number of para-hydroxylation sites is 3. The summed E-state index contributed by atoms with van der Waals surface area (Å²) in [4.78, 5) is 26.5. The van der Waals surface area contributed by atoms with Gasteiger partial charge in [-0.25, -0.2) is 0 Å². The molecule has 0 unspecified atom stereocenters. The number of hydrogen-bond donors (Lipinski definition) is 1. The Kier molecular flexibility index (Phi) is 5.03. The van der Waals surface area contributed by atoms with Crippen LogP contribution >= 0.6 is 0 Å². The second kappa shape index (κ2) is 7.38. The Bertz CT molecular complexity index is 786. The Balaban J connectivity index is 1.65. The molecule has 0 aromatic heterocycles. The van der Waals surface area contributed by atoms with E-state index in [0.29, 0.717) is 18.0 Å². The molecule has 0 radical (unpaired) electrons. The highest BCUT2D eigenvalue weighted by molar-refractivity contribution is 6.10. The van der Waals surface area contributed by atoms with Crippen molar-refractivity contribution < 1.29 is 14.3 Å². The van der Waals surface area contributed by atoms with Gasteiger partial charge in [0, 0.05) is 12.2 Å². The van der Waals surface area contributed by atoms with E-state index in [4.69, 9.17) is 4.74 Å². The minimum absolute atomic E-state index is 0.000727. The Labute approximate surface area is 147 Å². The predicted octanol–water partition coefficient (Wildman–Crippen LogP) is 3.39. The lowest BCUT2D eigenvalue weighted by Crippen LogP contribution is -2.32. The fourth-order valence-corrected chi connectivity index (χ4v) is 2.95. The van der Waals surface area contributed by atoms with E-state index in [9.17, 15) is 9.59 Å². The summed E-state index contributed by atoms with van der Waals surface area (Å²) >= 11 is 0. The summed E-state index contributed by atoms with van der Waals surface area (Å²) in [6.45, 7) is 4.47. The maximum Gasteiger partial charge on any atom is 0.236 e. The molecule has 2 aromatic carbocycles. The minimum Gasteiger partial charge on any atom is -0.489 e. The summed E-state index contributed by atoms with van der Waals surface area (Å²) in [7, 11) is 0. The number of anilines is 2. The molecule has 0 spiro atoms. The van der Waals surface area contributed by atoms with Crippen molar-refractivity contribution in [2.45, 2.75) is 32.8 Å². The number of carbonyl (C=O) groups excluding carboxylic acids is 2. The number of carbonyl (C=O) groups is 2. The largest absolute Gasteiger partial charge is 0.489 e. The van der Waals surface area contributed by atoms with Gasteiger partial charge in [0.25, 0.3) is 0 Å². The van der Waals surface area contributed by atoms with Gasteiger partial charge in [0.15, 0.2) is 0 Å². The summed E-state index contributed by atoms with van der Waals surface area (Å²) in [5.41, 5.74) is 2.63. The minimum atomic E-state index is -0.339. The number of ether oxygens (including phenoxy) is 1. The topological polar surface area (TPSA) is 58.6 Å². The molecule has 0 bridgehead atoms. The maximum absolute atomic E-state index is 12.5. The zero-order valence-corrected chi connectivity index (χ0v) is 14.5. The summed E-state index contributed by atoms with van der Waals surface area (Å²) in [6, 6.07) is 15.0. The number of amides is 2. The van der Waals surface area contributed by atoms with Crippen LogP contribution < -0.4 is 15.0 Å². The smallest absolute Gasteiger partial charge is 0.236 e. The number of nitrogens with zero attached hydrogens (tertiary/aromatic N) is 1. The van der Waals surface area contributed by atoms with E-state index >= 15 is 0 Å². The Morgan fingerprint density at radius 2 is 1.84 bits per heavy atom. The van der Waals surface area contributed by atoms with Gasteiger partial charge >= 0.3 is 0 Å². The van der Waals surface area contributed by atoms with Gasteiger partial charge in [-0.2, -0.15) is 0 Å². The van der Waals surface area contributed by atoms with Crippen molar-refractivity contribution in [1.82, 2.24) is 0 Å². The monoisotopic (exact) mass is 338 g/mol. The van der Waals surface area contributed by atoms with Gasteiger partial charge in [-0.05, 0) is 44.0 Å². The molecule has 0 atom stereocenters. The van der Waals surface area contributed by atoms with E-state index in [-0.39, 0.29) is 24.3 Å². The lowest BCUT2D eigenvalue weighted by atomic mass is 10.2. The molecule has 3 rings (SSSR count). The number of benzene rings is 2. The second-order valence-electron chi connectivity index (χ2n) is 6.31. The van der Waals surface area contributed by atoms with Gasteiger partial charge < -0.3 is 15.0 Å². The van der Waals surface area contributed by atoms with Crippen molar-refractivity contribution in [3.8, 4) is 5.75 Å². The first-order chi connectivity index (χ1) is 12.0. The second-order valence-corrected chi connectivity index (χ2v) is 6.31.